The van der Waals surface area contributed by atoms with Gasteiger partial charge in [-0.2, -0.15) is 0 Å². The fourth-order valence-electron chi connectivity index (χ4n) is 3.31. The van der Waals surface area contributed by atoms with Crippen LogP contribution in [0.15, 0.2) is 78.9 Å². The largest absolute Gasteiger partial charge is 0.352 e. The second-order valence-electron chi connectivity index (χ2n) is 7.08. The van der Waals surface area contributed by atoms with Crippen molar-refractivity contribution in [2.45, 2.75) is 25.7 Å². The molecule has 0 aliphatic carbocycles. The Morgan fingerprint density at radius 1 is 0.900 bits per heavy atom. The summed E-state index contributed by atoms with van der Waals surface area (Å²) in [6, 6.07) is 24.9. The third-order valence-corrected chi connectivity index (χ3v) is 5.14. The number of anilines is 1. The van der Waals surface area contributed by atoms with Crippen LogP contribution in [0.25, 0.3) is 0 Å². The van der Waals surface area contributed by atoms with Crippen LogP contribution in [0, 0.1) is 0 Å². The molecule has 0 unspecified atom stereocenters. The molecule has 4 nitrogen and oxygen atoms in total. The van der Waals surface area contributed by atoms with E-state index < -0.39 is 0 Å². The normalized spacial score (nSPS) is 10.6. The highest BCUT2D eigenvalue weighted by Gasteiger charge is 2.19. The Bertz CT molecular complexity index is 951. The SMILES string of the molecule is CCCNC(=O)c1ccc(NC(=O)CC(c2ccccc2)c2ccccc2)cc1Cl. The number of amides is 2. The van der Waals surface area contributed by atoms with Crippen LogP contribution in [0.2, 0.25) is 5.02 Å². The smallest absolute Gasteiger partial charge is 0.252 e. The second-order valence-corrected chi connectivity index (χ2v) is 7.48. The van der Waals surface area contributed by atoms with E-state index in [-0.39, 0.29) is 17.7 Å². The molecule has 0 fully saturated rings. The Labute approximate surface area is 182 Å². The molecule has 2 N–H and O–H groups in total. The number of hydrogen-bond donors (Lipinski definition) is 2. The summed E-state index contributed by atoms with van der Waals surface area (Å²) in [5.74, 6) is -0.387. The van der Waals surface area contributed by atoms with Crippen LogP contribution < -0.4 is 10.6 Å². The summed E-state index contributed by atoms with van der Waals surface area (Å²) in [4.78, 5) is 24.9. The number of carbonyl (C=O) groups excluding carboxylic acids is 2. The number of halogens is 1. The molecular formula is C25H25ClN2O2. The molecule has 5 heteroatoms. The van der Waals surface area contributed by atoms with Crippen LogP contribution in [0.3, 0.4) is 0 Å². The van der Waals surface area contributed by atoms with Gasteiger partial charge in [0.15, 0.2) is 0 Å². The van der Waals surface area contributed by atoms with Gasteiger partial charge in [-0.1, -0.05) is 79.2 Å². The molecule has 0 bridgehead atoms. The summed E-state index contributed by atoms with van der Waals surface area (Å²) in [7, 11) is 0. The maximum absolute atomic E-state index is 12.8. The Morgan fingerprint density at radius 2 is 1.50 bits per heavy atom. The van der Waals surface area contributed by atoms with Crippen molar-refractivity contribution in [2.24, 2.45) is 0 Å². The minimum absolute atomic E-state index is 0.0537. The van der Waals surface area contributed by atoms with Crippen molar-refractivity contribution in [1.82, 2.24) is 5.32 Å². The van der Waals surface area contributed by atoms with E-state index in [2.05, 4.69) is 10.6 Å². The first-order chi connectivity index (χ1) is 14.6. The predicted octanol–water partition coefficient (Wildman–Crippen LogP) is 5.64. The van der Waals surface area contributed by atoms with Crippen LogP contribution in [-0.2, 0) is 4.79 Å². The van der Waals surface area contributed by atoms with E-state index in [1.54, 1.807) is 18.2 Å². The fourth-order valence-corrected chi connectivity index (χ4v) is 3.57. The van der Waals surface area contributed by atoms with Crippen molar-refractivity contribution in [3.8, 4) is 0 Å². The summed E-state index contributed by atoms with van der Waals surface area (Å²) < 4.78 is 0. The molecule has 3 aromatic rings. The molecule has 0 spiro atoms. The minimum atomic E-state index is -0.215. The van der Waals surface area contributed by atoms with Gasteiger partial charge in [0.25, 0.3) is 5.91 Å². The minimum Gasteiger partial charge on any atom is -0.352 e. The lowest BCUT2D eigenvalue weighted by molar-refractivity contribution is -0.116. The number of rotatable bonds is 8. The van der Waals surface area contributed by atoms with Crippen molar-refractivity contribution >= 4 is 29.1 Å². The average molecular weight is 421 g/mol. The number of nitrogens with one attached hydrogen (secondary N) is 2. The lowest BCUT2D eigenvalue weighted by Crippen LogP contribution is -2.24. The number of hydrogen-bond acceptors (Lipinski definition) is 2. The van der Waals surface area contributed by atoms with Crippen molar-refractivity contribution in [3.63, 3.8) is 0 Å². The fraction of sp³-hybridized carbons (Fsp3) is 0.200. The molecule has 0 saturated carbocycles. The quantitative estimate of drug-likeness (QED) is 0.495. The van der Waals surface area contributed by atoms with Gasteiger partial charge in [-0.3, -0.25) is 9.59 Å². The molecular weight excluding hydrogens is 396 g/mol. The van der Waals surface area contributed by atoms with E-state index in [4.69, 9.17) is 11.6 Å². The predicted molar refractivity (Wildman–Crippen MR) is 122 cm³/mol. The summed E-state index contributed by atoms with van der Waals surface area (Å²) in [6.07, 6.45) is 1.14. The third-order valence-electron chi connectivity index (χ3n) is 4.83. The van der Waals surface area contributed by atoms with Crippen molar-refractivity contribution in [1.29, 1.82) is 0 Å². The zero-order chi connectivity index (χ0) is 21.3. The van der Waals surface area contributed by atoms with Gasteiger partial charge in [-0.25, -0.2) is 0 Å². The van der Waals surface area contributed by atoms with Crippen LogP contribution in [0.1, 0.15) is 47.2 Å². The lowest BCUT2D eigenvalue weighted by atomic mass is 9.88. The van der Waals surface area contributed by atoms with Gasteiger partial charge >= 0.3 is 0 Å². The van der Waals surface area contributed by atoms with Gasteiger partial charge in [0.2, 0.25) is 5.91 Å². The molecule has 0 saturated heterocycles. The van der Waals surface area contributed by atoms with Crippen LogP contribution >= 0.6 is 11.6 Å². The zero-order valence-corrected chi connectivity index (χ0v) is 17.7. The lowest BCUT2D eigenvalue weighted by Gasteiger charge is -2.18. The van der Waals surface area contributed by atoms with Gasteiger partial charge in [-0.15, -0.1) is 0 Å². The van der Waals surface area contributed by atoms with Gasteiger partial charge in [0.05, 0.1) is 10.6 Å². The Kier molecular flexibility index (Phi) is 7.63. The first-order valence-corrected chi connectivity index (χ1v) is 10.4. The average Bonchev–Trinajstić information content (AvgIpc) is 2.77. The Morgan fingerprint density at radius 3 is 2.03 bits per heavy atom. The molecule has 0 aliphatic heterocycles. The first kappa shape index (κ1) is 21.6. The maximum Gasteiger partial charge on any atom is 0.252 e. The van der Waals surface area contributed by atoms with E-state index in [1.165, 1.54) is 0 Å². The van der Waals surface area contributed by atoms with Crippen molar-refractivity contribution in [2.75, 3.05) is 11.9 Å². The molecule has 0 heterocycles. The molecule has 154 valence electrons. The van der Waals surface area contributed by atoms with Crippen LogP contribution in [0.5, 0.6) is 0 Å². The van der Waals surface area contributed by atoms with Crippen molar-refractivity contribution < 1.29 is 9.59 Å². The maximum atomic E-state index is 12.8. The molecule has 0 radical (unpaired) electrons. The van der Waals surface area contributed by atoms with Crippen LogP contribution in [-0.4, -0.2) is 18.4 Å². The van der Waals surface area contributed by atoms with E-state index in [0.29, 0.717) is 29.2 Å². The second kappa shape index (κ2) is 10.6. The highest BCUT2D eigenvalue weighted by Crippen LogP contribution is 2.29. The van der Waals surface area contributed by atoms with Gasteiger partial charge in [0, 0.05) is 24.6 Å². The standard InChI is InChI=1S/C25H25ClN2O2/c1-2-15-27-25(30)21-14-13-20(16-23(21)26)28-24(29)17-22(18-9-5-3-6-10-18)19-11-7-4-8-12-19/h3-14,16,22H,2,15,17H2,1H3,(H,27,30)(H,28,29). The topological polar surface area (TPSA) is 58.2 Å². The molecule has 3 rings (SSSR count). The van der Waals surface area contributed by atoms with Gasteiger partial charge in [0.1, 0.15) is 0 Å². The number of benzene rings is 3. The molecule has 0 aliphatic rings. The van der Waals surface area contributed by atoms with Crippen molar-refractivity contribution in [3.05, 3.63) is 101 Å². The van der Waals surface area contributed by atoms with E-state index in [1.807, 2.05) is 67.6 Å². The summed E-state index contributed by atoms with van der Waals surface area (Å²) >= 11 is 6.27. The van der Waals surface area contributed by atoms with E-state index in [9.17, 15) is 9.59 Å². The van der Waals surface area contributed by atoms with E-state index >= 15 is 0 Å². The Balaban J connectivity index is 1.73. The third kappa shape index (κ3) is 5.71. The molecule has 3 aromatic carbocycles. The Hall–Kier alpha value is -3.11. The summed E-state index contributed by atoms with van der Waals surface area (Å²) in [5.41, 5.74) is 3.13. The number of carbonyl (C=O) groups is 2. The summed E-state index contributed by atoms with van der Waals surface area (Å²) in [6.45, 7) is 2.58. The molecule has 0 aromatic heterocycles. The zero-order valence-electron chi connectivity index (χ0n) is 16.9. The molecule has 2 amide bonds. The van der Waals surface area contributed by atoms with E-state index in [0.717, 1.165) is 17.5 Å². The first-order valence-electron chi connectivity index (χ1n) is 10.1. The highest BCUT2D eigenvalue weighted by atomic mass is 35.5. The van der Waals surface area contributed by atoms with Crippen LogP contribution in [0.4, 0.5) is 5.69 Å². The molecule has 0 atom stereocenters. The molecule has 30 heavy (non-hydrogen) atoms. The highest BCUT2D eigenvalue weighted by molar-refractivity contribution is 6.34. The van der Waals surface area contributed by atoms with Gasteiger partial charge < -0.3 is 10.6 Å². The summed E-state index contributed by atoms with van der Waals surface area (Å²) in [5, 5.41) is 6.02. The monoisotopic (exact) mass is 420 g/mol. The van der Waals surface area contributed by atoms with Gasteiger partial charge in [-0.05, 0) is 35.7 Å².